The first kappa shape index (κ1) is 9.21. The summed E-state index contributed by atoms with van der Waals surface area (Å²) in [4.78, 5) is 10.4. The first-order valence-corrected chi connectivity index (χ1v) is 4.69. The molecule has 2 heterocycles. The molecule has 0 radical (unpaired) electrons. The first-order chi connectivity index (χ1) is 6.77. The maximum Gasteiger partial charge on any atom is 0.147 e. The van der Waals surface area contributed by atoms with Crippen LogP contribution < -0.4 is 10.6 Å². The van der Waals surface area contributed by atoms with Crippen molar-refractivity contribution in [3.05, 3.63) is 12.4 Å². The van der Waals surface area contributed by atoms with Crippen LogP contribution in [0.4, 0.5) is 11.6 Å². The van der Waals surface area contributed by atoms with Gasteiger partial charge >= 0.3 is 0 Å². The molecule has 1 aromatic rings. The molecule has 1 saturated heterocycles. The molecule has 1 aliphatic rings. The molecule has 0 bridgehead atoms. The predicted molar refractivity (Wildman–Crippen MR) is 54.1 cm³/mol. The van der Waals surface area contributed by atoms with Crippen LogP contribution in [-0.2, 0) is 4.74 Å². The van der Waals surface area contributed by atoms with Crippen LogP contribution in [0.5, 0.6) is 0 Å². The Kier molecular flexibility index (Phi) is 2.49. The molecule has 5 nitrogen and oxygen atoms in total. The van der Waals surface area contributed by atoms with Gasteiger partial charge in [-0.3, -0.25) is 0 Å². The number of morpholine rings is 1. The first-order valence-electron chi connectivity index (χ1n) is 4.69. The third-order valence-electron chi connectivity index (χ3n) is 2.32. The maximum atomic E-state index is 5.47. The molecule has 5 heteroatoms. The third-order valence-corrected chi connectivity index (χ3v) is 2.32. The van der Waals surface area contributed by atoms with Crippen molar-refractivity contribution >= 4 is 11.6 Å². The molecular weight excluding hydrogens is 180 g/mol. The number of nitrogens with two attached hydrogens (primary N) is 1. The fourth-order valence-corrected chi connectivity index (χ4v) is 1.55. The van der Waals surface area contributed by atoms with Gasteiger partial charge in [0.1, 0.15) is 11.6 Å². The van der Waals surface area contributed by atoms with E-state index in [4.69, 9.17) is 10.5 Å². The van der Waals surface area contributed by atoms with Crippen LogP contribution in [0.25, 0.3) is 0 Å². The van der Waals surface area contributed by atoms with Crippen LogP contribution in [-0.4, -0.2) is 35.8 Å². The van der Waals surface area contributed by atoms with E-state index < -0.39 is 0 Å². The molecule has 0 aliphatic carbocycles. The van der Waals surface area contributed by atoms with E-state index in [-0.39, 0.29) is 0 Å². The number of rotatable bonds is 1. The van der Waals surface area contributed by atoms with E-state index >= 15 is 0 Å². The van der Waals surface area contributed by atoms with Crippen molar-refractivity contribution in [3.8, 4) is 0 Å². The molecule has 2 rings (SSSR count). The van der Waals surface area contributed by atoms with Gasteiger partial charge < -0.3 is 15.4 Å². The zero-order chi connectivity index (χ0) is 9.97. The Morgan fingerprint density at radius 3 is 3.00 bits per heavy atom. The second-order valence-corrected chi connectivity index (χ2v) is 3.42. The molecule has 1 unspecified atom stereocenters. The highest BCUT2D eigenvalue weighted by Crippen LogP contribution is 2.15. The zero-order valence-corrected chi connectivity index (χ0v) is 8.18. The second-order valence-electron chi connectivity index (χ2n) is 3.42. The van der Waals surface area contributed by atoms with E-state index in [9.17, 15) is 0 Å². The van der Waals surface area contributed by atoms with E-state index in [2.05, 4.69) is 21.8 Å². The lowest BCUT2D eigenvalue weighted by Gasteiger charge is -2.33. The van der Waals surface area contributed by atoms with E-state index in [1.54, 1.807) is 12.4 Å². The van der Waals surface area contributed by atoms with Crippen molar-refractivity contribution in [2.45, 2.75) is 13.0 Å². The van der Waals surface area contributed by atoms with Gasteiger partial charge in [0.05, 0.1) is 31.6 Å². The molecule has 76 valence electrons. The predicted octanol–water partition coefficient (Wildman–Crippen LogP) is 0.284. The molecule has 1 aliphatic heterocycles. The second kappa shape index (κ2) is 3.79. The van der Waals surface area contributed by atoms with Crippen molar-refractivity contribution in [3.63, 3.8) is 0 Å². The largest absolute Gasteiger partial charge is 0.382 e. The van der Waals surface area contributed by atoms with Gasteiger partial charge in [-0.15, -0.1) is 0 Å². The summed E-state index contributed by atoms with van der Waals surface area (Å²) in [5, 5.41) is 0. The van der Waals surface area contributed by atoms with Gasteiger partial charge in [0, 0.05) is 6.54 Å². The summed E-state index contributed by atoms with van der Waals surface area (Å²) in [5.74, 6) is 1.32. The van der Waals surface area contributed by atoms with E-state index in [1.165, 1.54) is 0 Å². The molecule has 2 N–H and O–H groups in total. The van der Waals surface area contributed by atoms with Crippen molar-refractivity contribution in [2.24, 2.45) is 0 Å². The Labute approximate surface area is 82.9 Å². The third kappa shape index (κ3) is 1.77. The maximum absolute atomic E-state index is 5.47. The van der Waals surface area contributed by atoms with Crippen LogP contribution in [0.2, 0.25) is 0 Å². The molecule has 0 spiro atoms. The molecule has 1 fully saturated rings. The minimum Gasteiger partial charge on any atom is -0.382 e. The van der Waals surface area contributed by atoms with Crippen LogP contribution >= 0.6 is 0 Å². The quantitative estimate of drug-likeness (QED) is 0.695. The molecule has 1 aromatic heterocycles. The molecule has 0 amide bonds. The van der Waals surface area contributed by atoms with Crippen molar-refractivity contribution < 1.29 is 4.74 Å². The topological polar surface area (TPSA) is 64.3 Å². The summed E-state index contributed by atoms with van der Waals surface area (Å²) in [6.45, 7) is 4.46. The van der Waals surface area contributed by atoms with Crippen molar-refractivity contribution in [1.29, 1.82) is 0 Å². The summed E-state index contributed by atoms with van der Waals surface area (Å²) < 4.78 is 5.34. The highest BCUT2D eigenvalue weighted by atomic mass is 16.5. The fourth-order valence-electron chi connectivity index (χ4n) is 1.55. The Balaban J connectivity index is 2.16. The molecule has 14 heavy (non-hydrogen) atoms. The lowest BCUT2D eigenvalue weighted by Crippen LogP contribution is -2.44. The number of ether oxygens (including phenoxy) is 1. The van der Waals surface area contributed by atoms with Crippen LogP contribution in [0.15, 0.2) is 12.4 Å². The van der Waals surface area contributed by atoms with Crippen molar-refractivity contribution in [2.75, 3.05) is 30.4 Å². The zero-order valence-electron chi connectivity index (χ0n) is 8.18. The summed E-state index contributed by atoms with van der Waals surface area (Å²) in [7, 11) is 0. The number of hydrogen-bond acceptors (Lipinski definition) is 5. The lowest BCUT2D eigenvalue weighted by atomic mass is 10.2. The van der Waals surface area contributed by atoms with Gasteiger partial charge in [-0.1, -0.05) is 0 Å². The van der Waals surface area contributed by atoms with Gasteiger partial charge in [-0.2, -0.15) is 0 Å². The summed E-state index contributed by atoms with van der Waals surface area (Å²) in [6.07, 6.45) is 3.29. The fraction of sp³-hybridized carbons (Fsp3) is 0.556. The van der Waals surface area contributed by atoms with Gasteiger partial charge in [0.25, 0.3) is 0 Å². The van der Waals surface area contributed by atoms with E-state index in [0.29, 0.717) is 11.9 Å². The number of nitrogens with zero attached hydrogens (tertiary/aromatic N) is 3. The molecular formula is C9H14N4O. The summed E-state index contributed by atoms with van der Waals surface area (Å²) in [5.41, 5.74) is 5.47. The van der Waals surface area contributed by atoms with E-state index in [0.717, 1.165) is 25.6 Å². The Hall–Kier alpha value is -1.36. The minimum atomic E-state index is 0.349. The lowest BCUT2D eigenvalue weighted by molar-refractivity contribution is 0.0985. The minimum absolute atomic E-state index is 0.349. The van der Waals surface area contributed by atoms with Gasteiger partial charge in [-0.25, -0.2) is 9.97 Å². The van der Waals surface area contributed by atoms with Crippen molar-refractivity contribution in [1.82, 2.24) is 9.97 Å². The van der Waals surface area contributed by atoms with Crippen LogP contribution in [0, 0.1) is 0 Å². The average molecular weight is 194 g/mol. The monoisotopic (exact) mass is 194 g/mol. The molecule has 1 atom stereocenters. The number of hydrogen-bond donors (Lipinski definition) is 1. The van der Waals surface area contributed by atoms with Gasteiger partial charge in [-0.05, 0) is 6.92 Å². The normalized spacial score (nSPS) is 22.4. The Morgan fingerprint density at radius 1 is 1.50 bits per heavy atom. The molecule has 0 aromatic carbocycles. The Bertz CT molecular complexity index is 300. The van der Waals surface area contributed by atoms with Crippen LogP contribution in [0.1, 0.15) is 6.92 Å². The Morgan fingerprint density at radius 2 is 2.36 bits per heavy atom. The SMILES string of the molecule is CC1COCCN1c1cnc(N)cn1. The summed E-state index contributed by atoms with van der Waals surface area (Å²) in [6, 6.07) is 0.349. The number of nitrogen functional groups attached to an aromatic ring is 1. The van der Waals surface area contributed by atoms with E-state index in [1.807, 2.05) is 0 Å². The average Bonchev–Trinajstić information content (AvgIpc) is 2.20. The van der Waals surface area contributed by atoms with Crippen LogP contribution in [0.3, 0.4) is 0 Å². The standard InChI is InChI=1S/C9H14N4O/c1-7-6-14-3-2-13(7)9-5-11-8(10)4-12-9/h4-5,7H,2-3,6H2,1H3,(H2,10,11). The van der Waals surface area contributed by atoms with Gasteiger partial charge in [0.15, 0.2) is 0 Å². The van der Waals surface area contributed by atoms with Gasteiger partial charge in [0.2, 0.25) is 0 Å². The molecule has 0 saturated carbocycles. The highest BCUT2D eigenvalue weighted by molar-refractivity contribution is 5.40. The highest BCUT2D eigenvalue weighted by Gasteiger charge is 2.19. The summed E-state index contributed by atoms with van der Waals surface area (Å²) >= 11 is 0. The number of aromatic nitrogens is 2. The smallest absolute Gasteiger partial charge is 0.147 e. The number of anilines is 2.